The quantitative estimate of drug-likeness (QED) is 0.664. The fourth-order valence-corrected chi connectivity index (χ4v) is 5.58. The minimum absolute atomic E-state index is 0. The highest BCUT2D eigenvalue weighted by Crippen LogP contribution is 2.19. The Hall–Kier alpha value is -0.450. The molecule has 0 radical (unpaired) electrons. The molecule has 158 valence electrons. The predicted octanol–water partition coefficient (Wildman–Crippen LogP) is -0.176. The van der Waals surface area contributed by atoms with Crippen LogP contribution in [0, 0.1) is 5.92 Å². The van der Waals surface area contributed by atoms with Crippen LogP contribution in [0.15, 0.2) is 0 Å². The molecule has 0 spiro atoms. The summed E-state index contributed by atoms with van der Waals surface area (Å²) >= 11 is 0. The minimum atomic E-state index is -3.39. The van der Waals surface area contributed by atoms with Gasteiger partial charge in [0.25, 0.3) is 10.2 Å². The summed E-state index contributed by atoms with van der Waals surface area (Å²) in [4.78, 5) is 16.4. The molecule has 0 saturated carbocycles. The first-order valence-corrected chi connectivity index (χ1v) is 11.3. The molecule has 3 aliphatic heterocycles. The summed E-state index contributed by atoms with van der Waals surface area (Å²) in [6, 6.07) is 0. The van der Waals surface area contributed by atoms with Crippen molar-refractivity contribution in [3.63, 3.8) is 0 Å². The zero-order chi connectivity index (χ0) is 18.6. The Kier molecular flexibility index (Phi) is 8.76. The maximum absolute atomic E-state index is 12.8. The van der Waals surface area contributed by atoms with Crippen molar-refractivity contribution in [1.82, 2.24) is 23.7 Å². The standard InChI is InChI=1S/C17H33N5O3S.ClH/c1-19-8-12-21(13-9-19)26(24,25)22-14-10-20(11-15-22)17(23)3-2-16-4-6-18-7-5-16;/h16,18H,2-15H2,1H3;1H. The van der Waals surface area contributed by atoms with E-state index in [1.54, 1.807) is 8.61 Å². The van der Waals surface area contributed by atoms with Crippen LogP contribution in [0.2, 0.25) is 0 Å². The van der Waals surface area contributed by atoms with E-state index in [4.69, 9.17) is 0 Å². The van der Waals surface area contributed by atoms with Gasteiger partial charge in [-0.1, -0.05) is 0 Å². The van der Waals surface area contributed by atoms with E-state index in [9.17, 15) is 13.2 Å². The van der Waals surface area contributed by atoms with Crippen LogP contribution >= 0.6 is 12.4 Å². The van der Waals surface area contributed by atoms with Crippen LogP contribution < -0.4 is 5.32 Å². The lowest BCUT2D eigenvalue weighted by atomic mass is 9.93. The third-order valence-corrected chi connectivity index (χ3v) is 7.97. The van der Waals surface area contributed by atoms with Gasteiger partial charge in [0, 0.05) is 58.8 Å². The maximum Gasteiger partial charge on any atom is 0.282 e. The van der Waals surface area contributed by atoms with Gasteiger partial charge in [-0.05, 0) is 45.3 Å². The number of rotatable bonds is 5. The largest absolute Gasteiger partial charge is 0.340 e. The number of nitrogens with one attached hydrogen (secondary N) is 1. The van der Waals surface area contributed by atoms with Crippen LogP contribution in [0.25, 0.3) is 0 Å². The van der Waals surface area contributed by atoms with Crippen molar-refractivity contribution < 1.29 is 13.2 Å². The molecule has 10 heteroatoms. The average molecular weight is 424 g/mol. The van der Waals surface area contributed by atoms with Crippen molar-refractivity contribution >= 4 is 28.5 Å². The van der Waals surface area contributed by atoms with E-state index >= 15 is 0 Å². The van der Waals surface area contributed by atoms with Crippen molar-refractivity contribution in [3.05, 3.63) is 0 Å². The van der Waals surface area contributed by atoms with Crippen LogP contribution in [-0.4, -0.2) is 105 Å². The Morgan fingerprint density at radius 1 is 0.926 bits per heavy atom. The molecular formula is C17H34ClN5O3S. The molecule has 0 aromatic heterocycles. The molecule has 0 aromatic carbocycles. The molecule has 3 rings (SSSR count). The Morgan fingerprint density at radius 2 is 1.44 bits per heavy atom. The molecule has 3 aliphatic rings. The molecule has 0 atom stereocenters. The van der Waals surface area contributed by atoms with Gasteiger partial charge in [0.15, 0.2) is 0 Å². The average Bonchev–Trinajstić information content (AvgIpc) is 2.67. The number of carbonyl (C=O) groups excluding carboxylic acids is 1. The van der Waals surface area contributed by atoms with Crippen molar-refractivity contribution in [3.8, 4) is 0 Å². The maximum atomic E-state index is 12.8. The molecule has 0 bridgehead atoms. The van der Waals surface area contributed by atoms with E-state index in [0.717, 1.165) is 45.4 Å². The van der Waals surface area contributed by atoms with Crippen molar-refractivity contribution in [1.29, 1.82) is 0 Å². The first-order valence-electron chi connectivity index (χ1n) is 9.89. The van der Waals surface area contributed by atoms with E-state index in [1.807, 2.05) is 11.9 Å². The van der Waals surface area contributed by atoms with E-state index in [1.165, 1.54) is 0 Å². The predicted molar refractivity (Wildman–Crippen MR) is 108 cm³/mol. The fourth-order valence-electron chi connectivity index (χ4n) is 4.01. The molecule has 3 saturated heterocycles. The number of amides is 1. The van der Waals surface area contributed by atoms with Gasteiger partial charge >= 0.3 is 0 Å². The zero-order valence-electron chi connectivity index (χ0n) is 16.3. The van der Waals surface area contributed by atoms with Gasteiger partial charge in [0.2, 0.25) is 5.91 Å². The Bertz CT molecular complexity index is 569. The summed E-state index contributed by atoms with van der Waals surface area (Å²) in [5.74, 6) is 0.833. The molecule has 1 amide bonds. The van der Waals surface area contributed by atoms with Gasteiger partial charge in [-0.15, -0.1) is 12.4 Å². The van der Waals surface area contributed by atoms with Crippen molar-refractivity contribution in [2.24, 2.45) is 5.92 Å². The second-order valence-corrected chi connectivity index (χ2v) is 9.65. The molecule has 1 N–H and O–H groups in total. The van der Waals surface area contributed by atoms with Crippen LogP contribution in [0.3, 0.4) is 0 Å². The van der Waals surface area contributed by atoms with E-state index < -0.39 is 10.2 Å². The highest BCUT2D eigenvalue weighted by atomic mass is 35.5. The lowest BCUT2D eigenvalue weighted by Gasteiger charge is -2.39. The fraction of sp³-hybridized carbons (Fsp3) is 0.941. The summed E-state index contributed by atoms with van der Waals surface area (Å²) in [6.07, 6.45) is 3.87. The molecule has 27 heavy (non-hydrogen) atoms. The smallest absolute Gasteiger partial charge is 0.282 e. The van der Waals surface area contributed by atoms with Crippen LogP contribution in [0.4, 0.5) is 0 Å². The Morgan fingerprint density at radius 3 is 2.00 bits per heavy atom. The van der Waals surface area contributed by atoms with Gasteiger partial charge in [-0.25, -0.2) is 0 Å². The van der Waals surface area contributed by atoms with Gasteiger partial charge in [-0.2, -0.15) is 17.0 Å². The van der Waals surface area contributed by atoms with Crippen LogP contribution in [0.1, 0.15) is 25.7 Å². The van der Waals surface area contributed by atoms with Gasteiger partial charge < -0.3 is 15.1 Å². The summed E-state index contributed by atoms with van der Waals surface area (Å²) in [7, 11) is -1.38. The van der Waals surface area contributed by atoms with Gasteiger partial charge in [0.05, 0.1) is 0 Å². The lowest BCUT2D eigenvalue weighted by Crippen LogP contribution is -2.57. The first-order chi connectivity index (χ1) is 12.5. The molecule has 0 aromatic rings. The number of piperidine rings is 1. The molecule has 8 nitrogen and oxygen atoms in total. The number of piperazine rings is 2. The molecule has 3 heterocycles. The third-order valence-electron chi connectivity index (χ3n) is 5.93. The topological polar surface area (TPSA) is 76.2 Å². The van der Waals surface area contributed by atoms with Crippen molar-refractivity contribution in [2.75, 3.05) is 72.5 Å². The normalized spacial score (nSPS) is 24.6. The third kappa shape index (κ3) is 6.01. The van der Waals surface area contributed by atoms with Gasteiger partial charge in [-0.3, -0.25) is 4.79 Å². The Balaban J connectivity index is 0.00000261. The van der Waals surface area contributed by atoms with Gasteiger partial charge in [0.1, 0.15) is 0 Å². The molecule has 0 aliphatic carbocycles. The minimum Gasteiger partial charge on any atom is -0.340 e. The Labute approximate surface area is 169 Å². The number of hydrogen-bond donors (Lipinski definition) is 1. The van der Waals surface area contributed by atoms with E-state index in [0.29, 0.717) is 51.6 Å². The summed E-state index contributed by atoms with van der Waals surface area (Å²) in [5.41, 5.74) is 0. The summed E-state index contributed by atoms with van der Waals surface area (Å²) < 4.78 is 28.7. The zero-order valence-corrected chi connectivity index (χ0v) is 17.9. The summed E-state index contributed by atoms with van der Waals surface area (Å²) in [5, 5.41) is 3.35. The SMILES string of the molecule is CN1CCN(S(=O)(=O)N2CCN(C(=O)CCC3CCNCC3)CC2)CC1.Cl. The van der Waals surface area contributed by atoms with Crippen LogP contribution in [-0.2, 0) is 15.0 Å². The number of halogens is 1. The second-order valence-electron chi connectivity index (χ2n) is 7.72. The molecule has 3 fully saturated rings. The van der Waals surface area contributed by atoms with E-state index in [2.05, 4.69) is 10.2 Å². The highest BCUT2D eigenvalue weighted by Gasteiger charge is 2.34. The molecular weight excluding hydrogens is 390 g/mol. The first kappa shape index (κ1) is 22.8. The number of nitrogens with zero attached hydrogens (tertiary/aromatic N) is 4. The molecule has 0 unspecified atom stereocenters. The number of likely N-dealkylation sites (N-methyl/N-ethyl adjacent to an activating group) is 1. The second kappa shape index (κ2) is 10.4. The highest BCUT2D eigenvalue weighted by molar-refractivity contribution is 7.86. The monoisotopic (exact) mass is 423 g/mol. The van der Waals surface area contributed by atoms with E-state index in [-0.39, 0.29) is 18.3 Å². The number of carbonyl (C=O) groups is 1. The lowest BCUT2D eigenvalue weighted by molar-refractivity contribution is -0.132. The van der Waals surface area contributed by atoms with Crippen molar-refractivity contribution in [2.45, 2.75) is 25.7 Å². The van der Waals surface area contributed by atoms with Crippen LogP contribution in [0.5, 0.6) is 0 Å². The summed E-state index contributed by atoms with van der Waals surface area (Å²) in [6.45, 7) is 6.60. The number of hydrogen-bond acceptors (Lipinski definition) is 5.